The van der Waals surface area contributed by atoms with Gasteiger partial charge in [0.1, 0.15) is 10.3 Å². The van der Waals surface area contributed by atoms with E-state index in [0.29, 0.717) is 46.3 Å². The quantitative estimate of drug-likeness (QED) is 0.573. The van der Waals surface area contributed by atoms with Crippen molar-refractivity contribution in [3.05, 3.63) is 24.4 Å². The molecule has 3 aromatic rings. The molecule has 1 aliphatic rings. The molecule has 0 aliphatic carbocycles. The highest BCUT2D eigenvalue weighted by Gasteiger charge is 2.20. The number of fused-ring (bicyclic) bond motifs is 1. The summed E-state index contributed by atoms with van der Waals surface area (Å²) in [7, 11) is 1.58. The lowest BCUT2D eigenvalue weighted by molar-refractivity contribution is 0.0492. The van der Waals surface area contributed by atoms with Gasteiger partial charge in [-0.3, -0.25) is 5.32 Å². The summed E-state index contributed by atoms with van der Waals surface area (Å²) >= 11 is 1.30. The highest BCUT2D eigenvalue weighted by atomic mass is 32.1. The number of thiazole rings is 1. The first-order valence-corrected chi connectivity index (χ1v) is 11.1. The molecule has 31 heavy (non-hydrogen) atoms. The molecule has 0 saturated carbocycles. The molecule has 2 N–H and O–H groups in total. The standard InChI is InChI=1S/C21H25N5O4S/c1-3-22-20(27)26-21-24-16-11-15(14-5-4-8-23-17(14)28-2)18(25-19(16)31-21)30-12-13-6-9-29-10-7-13/h4-5,8,11,13H,3,6-7,9-10,12H2,1-2H3,(H2,22,24,26,27). The van der Waals surface area contributed by atoms with Crippen molar-refractivity contribution in [1.29, 1.82) is 0 Å². The normalized spacial score (nSPS) is 14.4. The topological polar surface area (TPSA) is 107 Å². The van der Waals surface area contributed by atoms with Gasteiger partial charge >= 0.3 is 6.03 Å². The van der Waals surface area contributed by atoms with Gasteiger partial charge in [0.05, 0.1) is 19.3 Å². The number of methoxy groups -OCH3 is 1. The predicted molar refractivity (Wildman–Crippen MR) is 119 cm³/mol. The number of carbonyl (C=O) groups excluding carboxylic acids is 1. The monoisotopic (exact) mass is 443 g/mol. The van der Waals surface area contributed by atoms with Crippen LogP contribution >= 0.6 is 11.3 Å². The van der Waals surface area contributed by atoms with Crippen LogP contribution in [0.1, 0.15) is 19.8 Å². The molecule has 10 heteroatoms. The molecule has 3 aromatic heterocycles. The van der Waals surface area contributed by atoms with Gasteiger partial charge in [-0.25, -0.2) is 19.7 Å². The average molecular weight is 444 g/mol. The SMILES string of the molecule is CCNC(=O)Nc1nc2cc(-c3cccnc3OC)c(OCC3CCOCC3)nc2s1. The number of amides is 2. The Balaban J connectivity index is 1.69. The minimum atomic E-state index is -0.299. The zero-order chi connectivity index (χ0) is 21.6. The minimum absolute atomic E-state index is 0.299. The Morgan fingerprint density at radius 1 is 1.26 bits per heavy atom. The van der Waals surface area contributed by atoms with Crippen molar-refractivity contribution in [1.82, 2.24) is 20.3 Å². The van der Waals surface area contributed by atoms with E-state index >= 15 is 0 Å². The Hall–Kier alpha value is -2.98. The van der Waals surface area contributed by atoms with Gasteiger partial charge in [0.25, 0.3) is 0 Å². The molecule has 1 fully saturated rings. The molecule has 0 atom stereocenters. The average Bonchev–Trinajstić information content (AvgIpc) is 3.18. The Morgan fingerprint density at radius 3 is 2.87 bits per heavy atom. The maximum absolute atomic E-state index is 11.9. The van der Waals surface area contributed by atoms with Crippen LogP contribution in [0.15, 0.2) is 24.4 Å². The van der Waals surface area contributed by atoms with E-state index in [1.165, 1.54) is 11.3 Å². The Morgan fingerprint density at radius 2 is 2.10 bits per heavy atom. The lowest BCUT2D eigenvalue weighted by atomic mass is 10.0. The number of pyridine rings is 2. The van der Waals surface area contributed by atoms with Crippen molar-refractivity contribution in [3.63, 3.8) is 0 Å². The second-order valence-corrected chi connectivity index (χ2v) is 8.07. The van der Waals surface area contributed by atoms with Crippen LogP contribution in [0.25, 0.3) is 21.5 Å². The van der Waals surface area contributed by atoms with Gasteiger partial charge in [0.15, 0.2) is 5.13 Å². The van der Waals surface area contributed by atoms with Crippen LogP contribution in [0.4, 0.5) is 9.93 Å². The van der Waals surface area contributed by atoms with E-state index in [0.717, 1.165) is 37.2 Å². The highest BCUT2D eigenvalue weighted by molar-refractivity contribution is 7.22. The van der Waals surface area contributed by atoms with Crippen molar-refractivity contribution >= 4 is 32.8 Å². The number of urea groups is 1. The van der Waals surface area contributed by atoms with Gasteiger partial charge in [-0.15, -0.1) is 0 Å². The molecule has 4 rings (SSSR count). The third kappa shape index (κ3) is 5.02. The first-order chi connectivity index (χ1) is 15.2. The molecule has 4 heterocycles. The van der Waals surface area contributed by atoms with Crippen molar-refractivity contribution in [2.75, 3.05) is 38.8 Å². The van der Waals surface area contributed by atoms with Gasteiger partial charge in [0, 0.05) is 31.5 Å². The number of nitrogens with one attached hydrogen (secondary N) is 2. The van der Waals surface area contributed by atoms with E-state index in [2.05, 4.69) is 20.6 Å². The lowest BCUT2D eigenvalue weighted by Gasteiger charge is -2.22. The van der Waals surface area contributed by atoms with Gasteiger partial charge in [-0.05, 0) is 43.9 Å². The molecule has 1 aliphatic heterocycles. The zero-order valence-electron chi connectivity index (χ0n) is 17.5. The van der Waals surface area contributed by atoms with Gasteiger partial charge in [0.2, 0.25) is 11.8 Å². The summed E-state index contributed by atoms with van der Waals surface area (Å²) in [4.78, 5) is 26.1. The number of rotatable bonds is 7. The summed E-state index contributed by atoms with van der Waals surface area (Å²) in [5, 5.41) is 5.91. The van der Waals surface area contributed by atoms with Crippen LogP contribution in [0.3, 0.4) is 0 Å². The number of anilines is 1. The highest BCUT2D eigenvalue weighted by Crippen LogP contribution is 2.38. The van der Waals surface area contributed by atoms with Crippen molar-refractivity contribution in [3.8, 4) is 22.9 Å². The molecule has 0 unspecified atom stereocenters. The van der Waals surface area contributed by atoms with E-state index in [4.69, 9.17) is 19.2 Å². The van der Waals surface area contributed by atoms with Crippen LogP contribution in [0, 0.1) is 5.92 Å². The Bertz CT molecular complexity index is 1050. The molecule has 0 aromatic carbocycles. The van der Waals surface area contributed by atoms with E-state index in [1.54, 1.807) is 13.3 Å². The van der Waals surface area contributed by atoms with Gasteiger partial charge in [-0.1, -0.05) is 11.3 Å². The first kappa shape index (κ1) is 21.3. The van der Waals surface area contributed by atoms with E-state index in [9.17, 15) is 4.79 Å². The summed E-state index contributed by atoms with van der Waals surface area (Å²) in [6.07, 6.45) is 3.61. The fourth-order valence-corrected chi connectivity index (χ4v) is 4.18. The molecule has 164 valence electrons. The number of hydrogen-bond donors (Lipinski definition) is 2. The molecule has 9 nitrogen and oxygen atoms in total. The third-order valence-electron chi connectivity index (χ3n) is 4.96. The van der Waals surface area contributed by atoms with E-state index < -0.39 is 0 Å². The van der Waals surface area contributed by atoms with Gasteiger partial charge < -0.3 is 19.5 Å². The smallest absolute Gasteiger partial charge is 0.321 e. The van der Waals surface area contributed by atoms with Crippen LogP contribution in [-0.2, 0) is 4.74 Å². The van der Waals surface area contributed by atoms with E-state index in [1.807, 2.05) is 25.1 Å². The van der Waals surface area contributed by atoms with Crippen molar-refractivity contribution in [2.45, 2.75) is 19.8 Å². The summed E-state index contributed by atoms with van der Waals surface area (Å²) in [6.45, 7) is 4.46. The van der Waals surface area contributed by atoms with Crippen LogP contribution in [0.2, 0.25) is 0 Å². The largest absolute Gasteiger partial charge is 0.481 e. The second-order valence-electron chi connectivity index (χ2n) is 7.10. The number of ether oxygens (including phenoxy) is 3. The third-order valence-corrected chi connectivity index (χ3v) is 5.84. The molecule has 0 bridgehead atoms. The van der Waals surface area contributed by atoms with Crippen molar-refractivity contribution in [2.24, 2.45) is 5.92 Å². The molecule has 0 radical (unpaired) electrons. The number of nitrogens with zero attached hydrogens (tertiary/aromatic N) is 3. The molecular formula is C21H25N5O4S. The molecule has 1 saturated heterocycles. The molecular weight excluding hydrogens is 418 g/mol. The second kappa shape index (κ2) is 9.88. The maximum atomic E-state index is 11.9. The summed E-state index contributed by atoms with van der Waals surface area (Å²) in [6, 6.07) is 5.36. The molecule has 0 spiro atoms. The summed E-state index contributed by atoms with van der Waals surface area (Å²) < 4.78 is 17.1. The summed E-state index contributed by atoms with van der Waals surface area (Å²) in [5.41, 5.74) is 2.18. The number of hydrogen-bond acceptors (Lipinski definition) is 8. The Kier molecular flexibility index (Phi) is 6.78. The number of aromatic nitrogens is 3. The number of carbonyl (C=O) groups is 1. The van der Waals surface area contributed by atoms with Crippen LogP contribution < -0.4 is 20.1 Å². The first-order valence-electron chi connectivity index (χ1n) is 10.2. The predicted octanol–water partition coefficient (Wildman–Crippen LogP) is 3.71. The lowest BCUT2D eigenvalue weighted by Crippen LogP contribution is -2.28. The maximum Gasteiger partial charge on any atom is 0.321 e. The summed E-state index contributed by atoms with van der Waals surface area (Å²) in [5.74, 6) is 1.40. The Labute approximate surface area is 184 Å². The van der Waals surface area contributed by atoms with E-state index in [-0.39, 0.29) is 6.03 Å². The zero-order valence-corrected chi connectivity index (χ0v) is 18.3. The fourth-order valence-electron chi connectivity index (χ4n) is 3.38. The fraction of sp³-hybridized carbons (Fsp3) is 0.429. The van der Waals surface area contributed by atoms with Crippen LogP contribution in [-0.4, -0.2) is 54.5 Å². The van der Waals surface area contributed by atoms with Crippen LogP contribution in [0.5, 0.6) is 11.8 Å². The van der Waals surface area contributed by atoms with Gasteiger partial charge in [-0.2, -0.15) is 0 Å². The van der Waals surface area contributed by atoms with Crippen molar-refractivity contribution < 1.29 is 19.0 Å². The molecule has 2 amide bonds. The minimum Gasteiger partial charge on any atom is -0.481 e.